The Morgan fingerprint density at radius 3 is 2.50 bits per heavy atom. The number of aromatic nitrogens is 2. The number of hydrogen-bond acceptors (Lipinski definition) is 5. The lowest BCUT2D eigenvalue weighted by atomic mass is 10.2. The molecule has 0 aliphatic heterocycles. The maximum atomic E-state index is 12.4. The number of hydrogen-bond donors (Lipinski definition) is 1. The third kappa shape index (κ3) is 4.87. The van der Waals surface area contributed by atoms with Gasteiger partial charge in [0.1, 0.15) is 0 Å². The number of nitrogens with zero attached hydrogens (tertiary/aromatic N) is 2. The Labute approximate surface area is 182 Å². The third-order valence-corrected chi connectivity index (χ3v) is 6.29. The number of nitrogens with one attached hydrogen (secondary N) is 1. The fourth-order valence-corrected chi connectivity index (χ4v) is 4.40. The first-order valence-corrected chi connectivity index (χ1v) is 11.2. The van der Waals surface area contributed by atoms with E-state index in [1.165, 1.54) is 11.8 Å². The number of thioether (sulfide) groups is 1. The predicted molar refractivity (Wildman–Crippen MR) is 121 cm³/mol. The summed E-state index contributed by atoms with van der Waals surface area (Å²) in [5.74, 6) is 0.265. The van der Waals surface area contributed by atoms with Gasteiger partial charge in [0.05, 0.1) is 12.3 Å². The van der Waals surface area contributed by atoms with Gasteiger partial charge < -0.3 is 5.32 Å². The standard InChI is InChI=1S/C23H19N3O2S2/c27-21(17-5-2-1-3-6-17)16-30-23-24-12-13-26(23)19-10-8-18(9-11-19)22(28)25-15-20-7-4-14-29-20/h1-14H,15-16H2,(H,25,28). The van der Waals surface area contributed by atoms with Crippen LogP contribution < -0.4 is 5.32 Å². The van der Waals surface area contributed by atoms with Crippen LogP contribution in [0.1, 0.15) is 25.6 Å². The number of ketones is 1. The number of imidazole rings is 1. The molecule has 0 atom stereocenters. The van der Waals surface area contributed by atoms with Crippen LogP contribution in [0.2, 0.25) is 0 Å². The SMILES string of the molecule is O=C(CSc1nccn1-c1ccc(C(=O)NCc2cccs2)cc1)c1ccccc1. The topological polar surface area (TPSA) is 64.0 Å². The van der Waals surface area contributed by atoms with Crippen molar-refractivity contribution < 1.29 is 9.59 Å². The maximum absolute atomic E-state index is 12.4. The van der Waals surface area contributed by atoms with E-state index in [0.717, 1.165) is 15.7 Å². The van der Waals surface area contributed by atoms with Gasteiger partial charge in [0.15, 0.2) is 10.9 Å². The molecule has 0 aliphatic carbocycles. The quantitative estimate of drug-likeness (QED) is 0.319. The van der Waals surface area contributed by atoms with E-state index < -0.39 is 0 Å². The summed E-state index contributed by atoms with van der Waals surface area (Å²) in [7, 11) is 0. The molecule has 7 heteroatoms. The molecule has 0 saturated heterocycles. The van der Waals surface area contributed by atoms with Crippen molar-refractivity contribution in [2.75, 3.05) is 5.75 Å². The minimum absolute atomic E-state index is 0.0629. The summed E-state index contributed by atoms with van der Waals surface area (Å²) in [5, 5.41) is 5.65. The Balaban J connectivity index is 1.39. The van der Waals surface area contributed by atoms with E-state index in [2.05, 4.69) is 10.3 Å². The summed E-state index contributed by atoms with van der Waals surface area (Å²) in [6.45, 7) is 0.524. The molecule has 0 saturated carbocycles. The van der Waals surface area contributed by atoms with Gasteiger partial charge in [0.25, 0.3) is 5.91 Å². The van der Waals surface area contributed by atoms with Crippen molar-refractivity contribution in [1.29, 1.82) is 0 Å². The Morgan fingerprint density at radius 1 is 0.967 bits per heavy atom. The van der Waals surface area contributed by atoms with E-state index in [4.69, 9.17) is 0 Å². The summed E-state index contributed by atoms with van der Waals surface area (Å²) < 4.78 is 1.91. The zero-order valence-corrected chi connectivity index (χ0v) is 17.7. The minimum Gasteiger partial charge on any atom is -0.347 e. The summed E-state index contributed by atoms with van der Waals surface area (Å²) in [4.78, 5) is 30.2. The van der Waals surface area contributed by atoms with Gasteiger partial charge in [-0.2, -0.15) is 0 Å². The van der Waals surface area contributed by atoms with Crippen LogP contribution in [0.3, 0.4) is 0 Å². The molecule has 1 amide bonds. The second-order valence-corrected chi connectivity index (χ2v) is 8.44. The highest BCUT2D eigenvalue weighted by atomic mass is 32.2. The summed E-state index contributed by atoms with van der Waals surface area (Å²) in [6, 6.07) is 20.6. The number of rotatable bonds is 8. The Morgan fingerprint density at radius 2 is 1.77 bits per heavy atom. The number of Topliss-reactive ketones (excluding diaryl/α,β-unsaturated/α-hetero) is 1. The normalized spacial score (nSPS) is 10.7. The van der Waals surface area contributed by atoms with E-state index in [-0.39, 0.29) is 11.7 Å². The van der Waals surface area contributed by atoms with Crippen molar-refractivity contribution in [3.63, 3.8) is 0 Å². The number of benzene rings is 2. The third-order valence-electron chi connectivity index (χ3n) is 4.45. The van der Waals surface area contributed by atoms with Crippen LogP contribution in [-0.4, -0.2) is 27.0 Å². The van der Waals surface area contributed by atoms with Crippen LogP contribution in [0.15, 0.2) is 89.7 Å². The fraction of sp³-hybridized carbons (Fsp3) is 0.0870. The molecule has 30 heavy (non-hydrogen) atoms. The second-order valence-electron chi connectivity index (χ2n) is 6.47. The van der Waals surface area contributed by atoms with Crippen molar-refractivity contribution in [2.45, 2.75) is 11.7 Å². The lowest BCUT2D eigenvalue weighted by molar-refractivity contribution is 0.0950. The van der Waals surface area contributed by atoms with E-state index in [0.29, 0.717) is 23.4 Å². The van der Waals surface area contributed by atoms with Gasteiger partial charge in [-0.05, 0) is 35.7 Å². The second kappa shape index (κ2) is 9.56. The molecule has 4 rings (SSSR count). The zero-order valence-electron chi connectivity index (χ0n) is 16.0. The lowest BCUT2D eigenvalue weighted by Crippen LogP contribution is -2.22. The Hall–Kier alpha value is -3.16. The smallest absolute Gasteiger partial charge is 0.251 e. The fourth-order valence-electron chi connectivity index (χ4n) is 2.89. The van der Waals surface area contributed by atoms with E-state index >= 15 is 0 Å². The van der Waals surface area contributed by atoms with Gasteiger partial charge in [0.2, 0.25) is 0 Å². The van der Waals surface area contributed by atoms with Gasteiger partial charge >= 0.3 is 0 Å². The summed E-state index contributed by atoms with van der Waals surface area (Å²) in [5.41, 5.74) is 2.18. The molecule has 150 valence electrons. The highest BCUT2D eigenvalue weighted by Crippen LogP contribution is 2.22. The molecule has 0 unspecified atom stereocenters. The Bertz CT molecular complexity index is 1120. The average Bonchev–Trinajstić information content (AvgIpc) is 3.48. The van der Waals surface area contributed by atoms with Gasteiger partial charge in [-0.3, -0.25) is 14.2 Å². The van der Waals surface area contributed by atoms with E-state index in [1.54, 1.807) is 29.7 Å². The van der Waals surface area contributed by atoms with E-state index in [9.17, 15) is 9.59 Å². The van der Waals surface area contributed by atoms with Crippen molar-refractivity contribution in [3.05, 3.63) is 101 Å². The first-order valence-electron chi connectivity index (χ1n) is 9.36. The average molecular weight is 434 g/mol. The number of thiophene rings is 1. The molecule has 0 aliphatic rings. The van der Waals surface area contributed by atoms with Crippen LogP contribution >= 0.6 is 23.1 Å². The van der Waals surface area contributed by atoms with Crippen LogP contribution in [-0.2, 0) is 6.54 Å². The molecule has 4 aromatic rings. The first kappa shape index (κ1) is 20.1. The molecule has 2 heterocycles. The van der Waals surface area contributed by atoms with Crippen LogP contribution in [0.25, 0.3) is 5.69 Å². The molecular weight excluding hydrogens is 414 g/mol. The van der Waals surface area contributed by atoms with Gasteiger partial charge in [0, 0.05) is 34.1 Å². The van der Waals surface area contributed by atoms with Crippen LogP contribution in [0, 0.1) is 0 Å². The molecule has 0 radical (unpaired) electrons. The lowest BCUT2D eigenvalue weighted by Gasteiger charge is -2.09. The molecule has 0 fully saturated rings. The maximum Gasteiger partial charge on any atom is 0.251 e. The van der Waals surface area contributed by atoms with Crippen LogP contribution in [0.5, 0.6) is 0 Å². The molecule has 0 spiro atoms. The molecule has 1 N–H and O–H groups in total. The zero-order chi connectivity index (χ0) is 20.8. The molecular formula is C23H19N3O2S2. The van der Waals surface area contributed by atoms with Crippen molar-refractivity contribution in [1.82, 2.24) is 14.9 Å². The minimum atomic E-state index is -0.108. The van der Waals surface area contributed by atoms with Crippen molar-refractivity contribution >= 4 is 34.8 Å². The molecule has 2 aromatic carbocycles. The summed E-state index contributed by atoms with van der Waals surface area (Å²) >= 11 is 3.01. The number of carbonyl (C=O) groups is 2. The summed E-state index contributed by atoms with van der Waals surface area (Å²) in [6.07, 6.45) is 3.55. The van der Waals surface area contributed by atoms with E-state index in [1.807, 2.05) is 70.7 Å². The first-order chi connectivity index (χ1) is 14.7. The monoisotopic (exact) mass is 433 g/mol. The molecule has 0 bridgehead atoms. The highest BCUT2D eigenvalue weighted by molar-refractivity contribution is 7.99. The van der Waals surface area contributed by atoms with Gasteiger partial charge in [-0.25, -0.2) is 4.98 Å². The largest absolute Gasteiger partial charge is 0.347 e. The van der Waals surface area contributed by atoms with Crippen molar-refractivity contribution in [2.24, 2.45) is 0 Å². The molecule has 2 aromatic heterocycles. The van der Waals surface area contributed by atoms with Gasteiger partial charge in [-0.1, -0.05) is 48.2 Å². The highest BCUT2D eigenvalue weighted by Gasteiger charge is 2.12. The van der Waals surface area contributed by atoms with Crippen LogP contribution in [0.4, 0.5) is 0 Å². The number of amides is 1. The van der Waals surface area contributed by atoms with Gasteiger partial charge in [-0.15, -0.1) is 11.3 Å². The van der Waals surface area contributed by atoms with Crippen molar-refractivity contribution in [3.8, 4) is 5.69 Å². The molecule has 5 nitrogen and oxygen atoms in total. The predicted octanol–water partition coefficient (Wildman–Crippen LogP) is 4.84. The number of carbonyl (C=O) groups excluding carboxylic acids is 2. The Kier molecular flexibility index (Phi) is 6.41.